The predicted octanol–water partition coefficient (Wildman–Crippen LogP) is 1.20. The zero-order valence-corrected chi connectivity index (χ0v) is 9.06. The number of carbonyl (C=O) groups is 1. The van der Waals surface area contributed by atoms with E-state index in [-0.39, 0.29) is 0 Å². The Balaban J connectivity index is 2.39. The van der Waals surface area contributed by atoms with E-state index in [9.17, 15) is 4.79 Å². The molecule has 0 aliphatic carbocycles. The van der Waals surface area contributed by atoms with Crippen LogP contribution >= 0.6 is 0 Å². The van der Waals surface area contributed by atoms with E-state index in [1.54, 1.807) is 12.1 Å². The van der Waals surface area contributed by atoms with Crippen LogP contribution in [0.2, 0.25) is 0 Å². The van der Waals surface area contributed by atoms with Gasteiger partial charge in [0.2, 0.25) is 6.41 Å². The number of benzene rings is 1. The van der Waals surface area contributed by atoms with Gasteiger partial charge in [-0.25, -0.2) is 0 Å². The molecular weight excluding hydrogens is 192 g/mol. The first kappa shape index (κ1) is 11.5. The summed E-state index contributed by atoms with van der Waals surface area (Å²) in [4.78, 5) is 12.2. The Bertz CT molecular complexity index is 296. The van der Waals surface area contributed by atoms with E-state index in [4.69, 9.17) is 4.74 Å². The van der Waals surface area contributed by atoms with E-state index in [1.807, 2.05) is 26.2 Å². The number of ether oxygens (including phenoxy) is 1. The van der Waals surface area contributed by atoms with Crippen molar-refractivity contribution in [3.63, 3.8) is 0 Å². The van der Waals surface area contributed by atoms with Gasteiger partial charge in [0.05, 0.1) is 0 Å². The van der Waals surface area contributed by atoms with Gasteiger partial charge in [0, 0.05) is 12.2 Å². The van der Waals surface area contributed by atoms with Gasteiger partial charge in [0.1, 0.15) is 12.4 Å². The summed E-state index contributed by atoms with van der Waals surface area (Å²) in [5, 5.41) is 2.56. The van der Waals surface area contributed by atoms with Gasteiger partial charge in [-0.05, 0) is 38.4 Å². The summed E-state index contributed by atoms with van der Waals surface area (Å²) in [6.45, 7) is 1.54. The lowest BCUT2D eigenvalue weighted by Gasteiger charge is -2.11. The molecule has 4 heteroatoms. The van der Waals surface area contributed by atoms with Crippen molar-refractivity contribution >= 4 is 12.1 Å². The third-order valence-corrected chi connectivity index (χ3v) is 1.89. The second-order valence-corrected chi connectivity index (χ2v) is 3.44. The maximum Gasteiger partial charge on any atom is 0.211 e. The van der Waals surface area contributed by atoms with Gasteiger partial charge in [0.25, 0.3) is 0 Å². The van der Waals surface area contributed by atoms with Crippen LogP contribution in [0.15, 0.2) is 24.3 Å². The topological polar surface area (TPSA) is 41.6 Å². The zero-order chi connectivity index (χ0) is 11.1. The lowest BCUT2D eigenvalue weighted by atomic mass is 10.3. The van der Waals surface area contributed by atoms with Crippen molar-refractivity contribution in [1.82, 2.24) is 4.90 Å². The molecule has 0 saturated carbocycles. The van der Waals surface area contributed by atoms with Gasteiger partial charge in [-0.1, -0.05) is 0 Å². The van der Waals surface area contributed by atoms with E-state index in [0.29, 0.717) is 13.0 Å². The molecule has 0 bridgehead atoms. The summed E-state index contributed by atoms with van der Waals surface area (Å²) < 4.78 is 5.49. The third-order valence-electron chi connectivity index (χ3n) is 1.89. The summed E-state index contributed by atoms with van der Waals surface area (Å²) >= 11 is 0. The summed E-state index contributed by atoms with van der Waals surface area (Å²) in [6, 6.07) is 7.28. The molecule has 0 spiro atoms. The summed E-state index contributed by atoms with van der Waals surface area (Å²) in [5.74, 6) is 0.813. The molecule has 82 valence electrons. The average molecular weight is 208 g/mol. The highest BCUT2D eigenvalue weighted by atomic mass is 16.5. The van der Waals surface area contributed by atoms with Crippen LogP contribution in [0.5, 0.6) is 5.75 Å². The van der Waals surface area contributed by atoms with E-state index < -0.39 is 0 Å². The molecule has 15 heavy (non-hydrogen) atoms. The average Bonchev–Trinajstić information content (AvgIpc) is 2.20. The van der Waals surface area contributed by atoms with Gasteiger partial charge < -0.3 is 15.0 Å². The van der Waals surface area contributed by atoms with Crippen LogP contribution in [0, 0.1) is 0 Å². The van der Waals surface area contributed by atoms with E-state index in [2.05, 4.69) is 10.2 Å². The van der Waals surface area contributed by atoms with Crippen LogP contribution in [0.3, 0.4) is 0 Å². The minimum absolute atomic E-state index is 0.655. The zero-order valence-electron chi connectivity index (χ0n) is 9.06. The molecule has 0 aromatic heterocycles. The summed E-state index contributed by atoms with van der Waals surface area (Å²) in [5.41, 5.74) is 0.768. The van der Waals surface area contributed by atoms with Crippen molar-refractivity contribution in [2.24, 2.45) is 0 Å². The van der Waals surface area contributed by atoms with Crippen molar-refractivity contribution < 1.29 is 9.53 Å². The van der Waals surface area contributed by atoms with Crippen molar-refractivity contribution in [3.8, 4) is 5.75 Å². The molecule has 1 amide bonds. The summed E-state index contributed by atoms with van der Waals surface area (Å²) in [7, 11) is 4.00. The molecular formula is C11H16N2O2. The number of hydrogen-bond donors (Lipinski definition) is 1. The molecule has 0 atom stereocenters. The first-order chi connectivity index (χ1) is 7.22. The van der Waals surface area contributed by atoms with Gasteiger partial charge in [0.15, 0.2) is 0 Å². The fourth-order valence-corrected chi connectivity index (χ4v) is 1.06. The number of amides is 1. The molecule has 1 aromatic rings. The van der Waals surface area contributed by atoms with Crippen molar-refractivity contribution in [2.45, 2.75) is 0 Å². The molecule has 0 saturated heterocycles. The second kappa shape index (κ2) is 6.03. The Kier molecular flexibility index (Phi) is 4.63. The summed E-state index contributed by atoms with van der Waals surface area (Å²) in [6.07, 6.45) is 0.655. The molecule has 1 aromatic carbocycles. The molecule has 4 nitrogen and oxygen atoms in total. The normalized spacial score (nSPS) is 10.1. The Morgan fingerprint density at radius 3 is 2.53 bits per heavy atom. The van der Waals surface area contributed by atoms with Gasteiger partial charge >= 0.3 is 0 Å². The molecule has 0 aliphatic rings. The minimum Gasteiger partial charge on any atom is -0.492 e. The number of likely N-dealkylation sites (N-methyl/N-ethyl adjacent to an activating group) is 1. The largest absolute Gasteiger partial charge is 0.492 e. The van der Waals surface area contributed by atoms with Crippen LogP contribution < -0.4 is 10.1 Å². The van der Waals surface area contributed by atoms with Crippen LogP contribution in [-0.4, -0.2) is 38.6 Å². The number of nitrogens with one attached hydrogen (secondary N) is 1. The molecule has 0 heterocycles. The molecule has 0 unspecified atom stereocenters. The van der Waals surface area contributed by atoms with Crippen molar-refractivity contribution in [2.75, 3.05) is 32.6 Å². The molecule has 0 fully saturated rings. The molecule has 1 rings (SSSR count). The first-order valence-corrected chi connectivity index (χ1v) is 4.80. The molecule has 0 aliphatic heterocycles. The highest BCUT2D eigenvalue weighted by Crippen LogP contribution is 2.14. The van der Waals surface area contributed by atoms with E-state index in [1.165, 1.54) is 0 Å². The SMILES string of the molecule is CN(C)CCOc1ccc(NC=O)cc1. The maximum absolute atomic E-state index is 10.2. The van der Waals surface area contributed by atoms with Gasteiger partial charge in [-0.3, -0.25) is 4.79 Å². The Labute approximate surface area is 89.8 Å². The standard InChI is InChI=1S/C11H16N2O2/c1-13(2)7-8-15-11-5-3-10(4-6-11)12-9-14/h3-6,9H,7-8H2,1-2H3,(H,12,14). The Morgan fingerprint density at radius 1 is 1.33 bits per heavy atom. The Hall–Kier alpha value is -1.55. The van der Waals surface area contributed by atoms with Crippen LogP contribution in [-0.2, 0) is 4.79 Å². The van der Waals surface area contributed by atoms with E-state index in [0.717, 1.165) is 18.0 Å². The van der Waals surface area contributed by atoms with Gasteiger partial charge in [-0.2, -0.15) is 0 Å². The third kappa shape index (κ3) is 4.46. The maximum atomic E-state index is 10.2. The van der Waals surface area contributed by atoms with Crippen molar-refractivity contribution in [1.29, 1.82) is 0 Å². The monoisotopic (exact) mass is 208 g/mol. The molecule has 0 radical (unpaired) electrons. The smallest absolute Gasteiger partial charge is 0.211 e. The first-order valence-electron chi connectivity index (χ1n) is 4.80. The second-order valence-electron chi connectivity index (χ2n) is 3.44. The fourth-order valence-electron chi connectivity index (χ4n) is 1.06. The number of carbonyl (C=O) groups excluding carboxylic acids is 1. The number of rotatable bonds is 6. The number of anilines is 1. The fraction of sp³-hybridized carbons (Fsp3) is 0.364. The number of hydrogen-bond acceptors (Lipinski definition) is 3. The van der Waals surface area contributed by atoms with Crippen LogP contribution in [0.1, 0.15) is 0 Å². The van der Waals surface area contributed by atoms with E-state index >= 15 is 0 Å². The quantitative estimate of drug-likeness (QED) is 0.714. The predicted molar refractivity (Wildman–Crippen MR) is 60.2 cm³/mol. The number of nitrogens with zero attached hydrogens (tertiary/aromatic N) is 1. The van der Waals surface area contributed by atoms with Crippen molar-refractivity contribution in [3.05, 3.63) is 24.3 Å². The highest BCUT2D eigenvalue weighted by Gasteiger charge is 1.95. The van der Waals surface area contributed by atoms with Gasteiger partial charge in [-0.15, -0.1) is 0 Å². The highest BCUT2D eigenvalue weighted by molar-refractivity contribution is 5.71. The Morgan fingerprint density at radius 2 is 2.00 bits per heavy atom. The molecule has 1 N–H and O–H groups in total. The van der Waals surface area contributed by atoms with Crippen LogP contribution in [0.25, 0.3) is 0 Å². The lowest BCUT2D eigenvalue weighted by Crippen LogP contribution is -2.19. The minimum atomic E-state index is 0.655. The van der Waals surface area contributed by atoms with Crippen LogP contribution in [0.4, 0.5) is 5.69 Å². The lowest BCUT2D eigenvalue weighted by molar-refractivity contribution is -0.105.